The lowest BCUT2D eigenvalue weighted by Crippen LogP contribution is -2.35. The van der Waals surface area contributed by atoms with E-state index in [1.807, 2.05) is 24.3 Å². The van der Waals surface area contributed by atoms with Gasteiger partial charge in [0.25, 0.3) is 0 Å². The second-order valence-corrected chi connectivity index (χ2v) is 5.76. The van der Waals surface area contributed by atoms with Crippen molar-refractivity contribution in [1.29, 1.82) is 0 Å². The van der Waals surface area contributed by atoms with Crippen molar-refractivity contribution in [3.8, 4) is 0 Å². The first-order valence-corrected chi connectivity index (χ1v) is 7.33. The number of rotatable bonds is 5. The molecule has 106 valence electrons. The zero-order valence-electron chi connectivity index (χ0n) is 11.1. The topological polar surface area (TPSA) is 43.7 Å². The molecule has 0 bridgehead atoms. The first kappa shape index (κ1) is 14.8. The van der Waals surface area contributed by atoms with Gasteiger partial charge in [-0.25, -0.2) is 0 Å². The molecule has 19 heavy (non-hydrogen) atoms. The standard InChI is InChI=1S/C15H22ClNO2/c16-14-3-1-13(2-4-14)15(19)7-10-17-8-5-12(11-18)6-9-17/h1-4,12,15,18-19H,5-11H2. The summed E-state index contributed by atoms with van der Waals surface area (Å²) in [6.07, 6.45) is 2.44. The third kappa shape index (κ3) is 4.46. The van der Waals surface area contributed by atoms with Crippen LogP contribution in [0.25, 0.3) is 0 Å². The number of likely N-dealkylation sites (tertiary alicyclic amines) is 1. The van der Waals surface area contributed by atoms with E-state index in [4.69, 9.17) is 16.7 Å². The minimum Gasteiger partial charge on any atom is -0.396 e. The van der Waals surface area contributed by atoms with Gasteiger partial charge in [-0.05, 0) is 56.0 Å². The van der Waals surface area contributed by atoms with Crippen LogP contribution in [0.2, 0.25) is 5.02 Å². The number of hydrogen-bond donors (Lipinski definition) is 2. The highest BCUT2D eigenvalue weighted by molar-refractivity contribution is 6.30. The molecule has 1 saturated heterocycles. The summed E-state index contributed by atoms with van der Waals surface area (Å²) in [6.45, 7) is 3.26. The summed E-state index contributed by atoms with van der Waals surface area (Å²) in [7, 11) is 0. The molecule has 0 spiro atoms. The fourth-order valence-corrected chi connectivity index (χ4v) is 2.68. The van der Waals surface area contributed by atoms with Crippen molar-refractivity contribution < 1.29 is 10.2 Å². The molecule has 1 heterocycles. The Morgan fingerprint density at radius 1 is 1.21 bits per heavy atom. The minimum absolute atomic E-state index is 0.307. The van der Waals surface area contributed by atoms with Gasteiger partial charge in [-0.1, -0.05) is 23.7 Å². The zero-order valence-corrected chi connectivity index (χ0v) is 11.9. The summed E-state index contributed by atoms with van der Waals surface area (Å²) >= 11 is 5.83. The molecule has 3 nitrogen and oxygen atoms in total. The third-order valence-electron chi connectivity index (χ3n) is 3.94. The molecule has 0 radical (unpaired) electrons. The van der Waals surface area contributed by atoms with Gasteiger partial charge in [0.15, 0.2) is 0 Å². The maximum Gasteiger partial charge on any atom is 0.0802 e. The van der Waals surface area contributed by atoms with Gasteiger partial charge in [0.2, 0.25) is 0 Å². The van der Waals surface area contributed by atoms with Crippen LogP contribution < -0.4 is 0 Å². The van der Waals surface area contributed by atoms with Crippen LogP contribution in [0.4, 0.5) is 0 Å². The fraction of sp³-hybridized carbons (Fsp3) is 0.600. The normalized spacial score (nSPS) is 19.5. The van der Waals surface area contributed by atoms with Gasteiger partial charge >= 0.3 is 0 Å². The fourth-order valence-electron chi connectivity index (χ4n) is 2.55. The molecule has 1 aliphatic rings. The van der Waals surface area contributed by atoms with Gasteiger partial charge in [-0.15, -0.1) is 0 Å². The molecule has 2 N–H and O–H groups in total. The number of aliphatic hydroxyl groups is 2. The lowest BCUT2D eigenvalue weighted by molar-refractivity contribution is 0.105. The van der Waals surface area contributed by atoms with E-state index in [2.05, 4.69) is 4.90 Å². The highest BCUT2D eigenvalue weighted by Gasteiger charge is 2.19. The quantitative estimate of drug-likeness (QED) is 0.872. The van der Waals surface area contributed by atoms with Crippen molar-refractivity contribution in [1.82, 2.24) is 4.90 Å². The Hall–Kier alpha value is -0.610. The van der Waals surface area contributed by atoms with Gasteiger partial charge in [0.1, 0.15) is 0 Å². The summed E-state index contributed by atoms with van der Waals surface area (Å²) < 4.78 is 0. The lowest BCUT2D eigenvalue weighted by Gasteiger charge is -2.31. The Labute approximate surface area is 119 Å². The Balaban J connectivity index is 1.75. The molecule has 0 aliphatic carbocycles. The van der Waals surface area contributed by atoms with E-state index >= 15 is 0 Å². The predicted molar refractivity (Wildman–Crippen MR) is 77.3 cm³/mol. The number of hydrogen-bond acceptors (Lipinski definition) is 3. The molecule has 1 aliphatic heterocycles. The molecule has 1 aromatic rings. The van der Waals surface area contributed by atoms with E-state index in [-0.39, 0.29) is 0 Å². The van der Waals surface area contributed by atoms with Crippen LogP contribution in [0, 0.1) is 5.92 Å². The van der Waals surface area contributed by atoms with Crippen molar-refractivity contribution in [3.63, 3.8) is 0 Å². The van der Waals surface area contributed by atoms with Gasteiger partial charge in [-0.2, -0.15) is 0 Å². The van der Waals surface area contributed by atoms with Gasteiger partial charge < -0.3 is 15.1 Å². The van der Waals surface area contributed by atoms with Gasteiger partial charge in [-0.3, -0.25) is 0 Å². The molecule has 1 atom stereocenters. The van der Waals surface area contributed by atoms with Crippen LogP contribution in [0.15, 0.2) is 24.3 Å². The number of aliphatic hydroxyl groups excluding tert-OH is 2. The third-order valence-corrected chi connectivity index (χ3v) is 4.19. The van der Waals surface area contributed by atoms with E-state index in [1.54, 1.807) is 0 Å². The van der Waals surface area contributed by atoms with Crippen LogP contribution >= 0.6 is 11.6 Å². The summed E-state index contributed by atoms with van der Waals surface area (Å²) in [5.41, 5.74) is 0.926. The van der Waals surface area contributed by atoms with Crippen molar-refractivity contribution in [2.45, 2.75) is 25.4 Å². The first-order valence-electron chi connectivity index (χ1n) is 6.96. The van der Waals surface area contributed by atoms with Crippen molar-refractivity contribution in [3.05, 3.63) is 34.9 Å². The van der Waals surface area contributed by atoms with E-state index in [0.29, 0.717) is 17.5 Å². The summed E-state index contributed by atoms with van der Waals surface area (Å²) in [4.78, 5) is 2.37. The average molecular weight is 284 g/mol. The Morgan fingerprint density at radius 2 is 1.84 bits per heavy atom. The van der Waals surface area contributed by atoms with Crippen LogP contribution in [-0.4, -0.2) is 41.4 Å². The van der Waals surface area contributed by atoms with Crippen LogP contribution in [0.3, 0.4) is 0 Å². The molecule has 1 unspecified atom stereocenters. The molecule has 0 saturated carbocycles. The first-order chi connectivity index (χ1) is 9.19. The highest BCUT2D eigenvalue weighted by Crippen LogP contribution is 2.21. The van der Waals surface area contributed by atoms with E-state index in [0.717, 1.165) is 44.5 Å². The monoisotopic (exact) mass is 283 g/mol. The van der Waals surface area contributed by atoms with Crippen LogP contribution in [0.5, 0.6) is 0 Å². The number of benzene rings is 1. The molecule has 1 aromatic carbocycles. The molecular weight excluding hydrogens is 262 g/mol. The predicted octanol–water partition coefficient (Wildman–Crippen LogP) is 2.47. The van der Waals surface area contributed by atoms with Gasteiger partial charge in [0, 0.05) is 18.2 Å². The van der Waals surface area contributed by atoms with Crippen molar-refractivity contribution in [2.24, 2.45) is 5.92 Å². The smallest absolute Gasteiger partial charge is 0.0802 e. The van der Waals surface area contributed by atoms with Gasteiger partial charge in [0.05, 0.1) is 6.10 Å². The Bertz CT molecular complexity index is 374. The minimum atomic E-state index is -0.423. The molecular formula is C15H22ClNO2. The summed E-state index contributed by atoms with van der Waals surface area (Å²) in [5.74, 6) is 0.470. The van der Waals surface area contributed by atoms with E-state index in [9.17, 15) is 5.11 Å². The molecule has 4 heteroatoms. The molecule has 2 rings (SSSR count). The second kappa shape index (κ2) is 7.25. The SMILES string of the molecule is OCC1CCN(CCC(O)c2ccc(Cl)cc2)CC1. The lowest BCUT2D eigenvalue weighted by atomic mass is 9.97. The average Bonchev–Trinajstić information content (AvgIpc) is 2.46. The van der Waals surface area contributed by atoms with Crippen molar-refractivity contribution >= 4 is 11.6 Å². The summed E-state index contributed by atoms with van der Waals surface area (Å²) in [5, 5.41) is 19.9. The molecule has 1 fully saturated rings. The second-order valence-electron chi connectivity index (χ2n) is 5.32. The molecule has 0 aromatic heterocycles. The maximum absolute atomic E-state index is 10.1. The maximum atomic E-state index is 10.1. The molecule has 0 amide bonds. The van der Waals surface area contributed by atoms with E-state index in [1.165, 1.54) is 0 Å². The number of nitrogens with zero attached hydrogens (tertiary/aromatic N) is 1. The van der Waals surface area contributed by atoms with Crippen LogP contribution in [0.1, 0.15) is 30.9 Å². The largest absolute Gasteiger partial charge is 0.396 e. The zero-order chi connectivity index (χ0) is 13.7. The summed E-state index contributed by atoms with van der Waals surface area (Å²) in [6, 6.07) is 7.38. The highest BCUT2D eigenvalue weighted by atomic mass is 35.5. The van der Waals surface area contributed by atoms with Crippen molar-refractivity contribution in [2.75, 3.05) is 26.2 Å². The number of piperidine rings is 1. The van der Waals surface area contributed by atoms with E-state index < -0.39 is 6.10 Å². The Kier molecular flexibility index (Phi) is 5.64. The Morgan fingerprint density at radius 3 is 2.42 bits per heavy atom. The van der Waals surface area contributed by atoms with Crippen LogP contribution in [-0.2, 0) is 0 Å². The number of halogens is 1.